The number of carbonyl (C=O) groups is 1. The van der Waals surface area contributed by atoms with Crippen LogP contribution < -0.4 is 5.32 Å². The smallest absolute Gasteiger partial charge is 0.152 e. The number of rotatable bonds is 2. The average molecular weight is 232 g/mol. The highest BCUT2D eigenvalue weighted by Crippen LogP contribution is 2.35. The van der Waals surface area contributed by atoms with Gasteiger partial charge in [0, 0.05) is 36.5 Å². The van der Waals surface area contributed by atoms with E-state index in [1.807, 2.05) is 0 Å². The van der Waals surface area contributed by atoms with Crippen LogP contribution >= 0.6 is 0 Å². The standard InChI is InChI=1S/C14H20N2O/c17-9-12-11-8-15-7-6-13(11)16-14(12)10-4-2-1-3-5-10/h9-10,15-16H,1-8H2. The first kappa shape index (κ1) is 11.0. The molecule has 0 bridgehead atoms. The number of aromatic nitrogens is 1. The van der Waals surface area contributed by atoms with E-state index in [1.165, 1.54) is 49.1 Å². The first-order valence-electron chi connectivity index (χ1n) is 6.79. The lowest BCUT2D eigenvalue weighted by atomic mass is 9.85. The summed E-state index contributed by atoms with van der Waals surface area (Å²) in [4.78, 5) is 14.9. The Kier molecular flexibility index (Phi) is 3.02. The van der Waals surface area contributed by atoms with E-state index < -0.39 is 0 Å². The van der Waals surface area contributed by atoms with Gasteiger partial charge in [-0.25, -0.2) is 0 Å². The van der Waals surface area contributed by atoms with Gasteiger partial charge in [-0.3, -0.25) is 4.79 Å². The minimum atomic E-state index is 0.592. The molecule has 1 fully saturated rings. The monoisotopic (exact) mass is 232 g/mol. The molecular weight excluding hydrogens is 212 g/mol. The van der Waals surface area contributed by atoms with Gasteiger partial charge in [0.1, 0.15) is 0 Å². The maximum atomic E-state index is 11.4. The Balaban J connectivity index is 1.97. The zero-order valence-corrected chi connectivity index (χ0v) is 10.2. The number of nitrogens with one attached hydrogen (secondary N) is 2. The van der Waals surface area contributed by atoms with Crippen molar-refractivity contribution in [3.05, 3.63) is 22.5 Å². The van der Waals surface area contributed by atoms with Crippen molar-refractivity contribution in [2.45, 2.75) is 51.0 Å². The van der Waals surface area contributed by atoms with Crippen molar-refractivity contribution in [3.8, 4) is 0 Å². The minimum absolute atomic E-state index is 0.592. The van der Waals surface area contributed by atoms with E-state index in [-0.39, 0.29) is 0 Å². The number of aldehydes is 1. The molecule has 0 radical (unpaired) electrons. The normalized spacial score (nSPS) is 21.2. The molecule has 1 aromatic heterocycles. The maximum Gasteiger partial charge on any atom is 0.152 e. The number of hydrogen-bond acceptors (Lipinski definition) is 2. The van der Waals surface area contributed by atoms with Crippen LogP contribution in [0.25, 0.3) is 0 Å². The Morgan fingerprint density at radius 2 is 2.00 bits per heavy atom. The highest BCUT2D eigenvalue weighted by atomic mass is 16.1. The van der Waals surface area contributed by atoms with Crippen LogP contribution in [0.2, 0.25) is 0 Å². The van der Waals surface area contributed by atoms with Gasteiger partial charge in [0.25, 0.3) is 0 Å². The van der Waals surface area contributed by atoms with Crippen molar-refractivity contribution < 1.29 is 4.79 Å². The first-order valence-corrected chi connectivity index (χ1v) is 6.79. The molecule has 17 heavy (non-hydrogen) atoms. The van der Waals surface area contributed by atoms with E-state index in [1.54, 1.807) is 0 Å². The van der Waals surface area contributed by atoms with E-state index in [2.05, 4.69) is 10.3 Å². The van der Waals surface area contributed by atoms with Gasteiger partial charge in [-0.15, -0.1) is 0 Å². The third-order valence-corrected chi connectivity index (χ3v) is 4.25. The fourth-order valence-electron chi connectivity index (χ4n) is 3.32. The van der Waals surface area contributed by atoms with E-state index in [4.69, 9.17) is 0 Å². The van der Waals surface area contributed by atoms with E-state index in [9.17, 15) is 4.79 Å². The van der Waals surface area contributed by atoms with Crippen molar-refractivity contribution in [1.29, 1.82) is 0 Å². The molecular formula is C14H20N2O. The van der Waals surface area contributed by atoms with Crippen LogP contribution in [0.5, 0.6) is 0 Å². The highest BCUT2D eigenvalue weighted by Gasteiger charge is 2.25. The van der Waals surface area contributed by atoms with Crippen molar-refractivity contribution in [3.63, 3.8) is 0 Å². The molecule has 1 aromatic rings. The summed E-state index contributed by atoms with van der Waals surface area (Å²) in [7, 11) is 0. The van der Waals surface area contributed by atoms with Crippen molar-refractivity contribution >= 4 is 6.29 Å². The Morgan fingerprint density at radius 1 is 1.18 bits per heavy atom. The molecule has 0 saturated heterocycles. The van der Waals surface area contributed by atoms with Crippen molar-refractivity contribution in [1.82, 2.24) is 10.3 Å². The van der Waals surface area contributed by atoms with E-state index >= 15 is 0 Å². The predicted octanol–water partition coefficient (Wildman–Crippen LogP) is 2.52. The quantitative estimate of drug-likeness (QED) is 0.770. The maximum absolute atomic E-state index is 11.4. The third-order valence-electron chi connectivity index (χ3n) is 4.25. The van der Waals surface area contributed by atoms with Gasteiger partial charge in [-0.2, -0.15) is 0 Å². The zero-order valence-electron chi connectivity index (χ0n) is 10.2. The van der Waals surface area contributed by atoms with Crippen LogP contribution in [0.4, 0.5) is 0 Å². The lowest BCUT2D eigenvalue weighted by molar-refractivity contribution is 0.112. The summed E-state index contributed by atoms with van der Waals surface area (Å²) in [6.45, 7) is 1.88. The average Bonchev–Trinajstić information content (AvgIpc) is 2.78. The Hall–Kier alpha value is -1.09. The second kappa shape index (κ2) is 4.65. The molecule has 0 atom stereocenters. The fraction of sp³-hybridized carbons (Fsp3) is 0.643. The van der Waals surface area contributed by atoms with Crippen LogP contribution in [0.3, 0.4) is 0 Å². The van der Waals surface area contributed by atoms with Crippen LogP contribution in [0.1, 0.15) is 65.3 Å². The van der Waals surface area contributed by atoms with Gasteiger partial charge in [-0.05, 0) is 24.3 Å². The molecule has 0 spiro atoms. The summed E-state index contributed by atoms with van der Waals surface area (Å²) < 4.78 is 0. The largest absolute Gasteiger partial charge is 0.361 e. The molecule has 0 unspecified atom stereocenters. The number of aromatic amines is 1. The van der Waals surface area contributed by atoms with Crippen LogP contribution in [0.15, 0.2) is 0 Å². The molecule has 3 heteroatoms. The van der Waals surface area contributed by atoms with Crippen LogP contribution in [-0.4, -0.2) is 17.8 Å². The molecule has 2 N–H and O–H groups in total. The molecule has 0 aromatic carbocycles. The Labute approximate surface area is 102 Å². The molecule has 1 aliphatic carbocycles. The second-order valence-corrected chi connectivity index (χ2v) is 5.29. The topological polar surface area (TPSA) is 44.9 Å². The number of H-pyrrole nitrogens is 1. The highest BCUT2D eigenvalue weighted by molar-refractivity contribution is 5.80. The lowest BCUT2D eigenvalue weighted by Crippen LogP contribution is -2.23. The van der Waals surface area contributed by atoms with E-state index in [0.29, 0.717) is 5.92 Å². The molecule has 3 nitrogen and oxygen atoms in total. The number of fused-ring (bicyclic) bond motifs is 1. The zero-order chi connectivity index (χ0) is 11.7. The van der Waals surface area contributed by atoms with Crippen LogP contribution in [-0.2, 0) is 13.0 Å². The third kappa shape index (κ3) is 1.93. The molecule has 3 rings (SSSR count). The second-order valence-electron chi connectivity index (χ2n) is 5.29. The molecule has 2 heterocycles. The summed E-state index contributed by atoms with van der Waals surface area (Å²) >= 11 is 0. The van der Waals surface area contributed by atoms with Crippen molar-refractivity contribution in [2.75, 3.05) is 6.54 Å². The number of hydrogen-bond donors (Lipinski definition) is 2. The van der Waals surface area contributed by atoms with Crippen LogP contribution in [0, 0.1) is 0 Å². The summed E-state index contributed by atoms with van der Waals surface area (Å²) in [5, 5.41) is 3.35. The Bertz CT molecular complexity index is 416. The summed E-state index contributed by atoms with van der Waals surface area (Å²) in [5.74, 6) is 0.592. The van der Waals surface area contributed by atoms with Gasteiger partial charge in [0.15, 0.2) is 6.29 Å². The molecule has 0 amide bonds. The predicted molar refractivity (Wildman–Crippen MR) is 67.4 cm³/mol. The van der Waals surface area contributed by atoms with Crippen molar-refractivity contribution in [2.24, 2.45) is 0 Å². The molecule has 2 aliphatic rings. The molecule has 1 saturated carbocycles. The minimum Gasteiger partial charge on any atom is -0.361 e. The number of carbonyl (C=O) groups excluding carboxylic acids is 1. The SMILES string of the molecule is O=Cc1c(C2CCCCC2)[nH]c2c1CNCC2. The first-order chi connectivity index (χ1) is 8.40. The summed E-state index contributed by atoms with van der Waals surface area (Å²) in [6.07, 6.45) is 8.56. The lowest BCUT2D eigenvalue weighted by Gasteiger charge is -2.21. The van der Waals surface area contributed by atoms with Gasteiger partial charge in [-0.1, -0.05) is 19.3 Å². The van der Waals surface area contributed by atoms with Gasteiger partial charge in [0.2, 0.25) is 0 Å². The van der Waals surface area contributed by atoms with Gasteiger partial charge in [0.05, 0.1) is 0 Å². The van der Waals surface area contributed by atoms with Gasteiger partial charge >= 0.3 is 0 Å². The summed E-state index contributed by atoms with van der Waals surface area (Å²) in [5.41, 5.74) is 4.71. The summed E-state index contributed by atoms with van der Waals surface area (Å²) in [6, 6.07) is 0. The molecule has 92 valence electrons. The fourth-order valence-corrected chi connectivity index (χ4v) is 3.32. The van der Waals surface area contributed by atoms with E-state index in [0.717, 1.165) is 31.4 Å². The van der Waals surface area contributed by atoms with Gasteiger partial charge < -0.3 is 10.3 Å². The molecule has 1 aliphatic heterocycles. The Morgan fingerprint density at radius 3 is 2.76 bits per heavy atom.